The summed E-state index contributed by atoms with van der Waals surface area (Å²) in [6.45, 7) is 9.79. The Kier molecular flexibility index (Phi) is 2.70. The van der Waals surface area contributed by atoms with Gasteiger partial charge in [0.15, 0.2) is 0 Å². The van der Waals surface area contributed by atoms with E-state index in [2.05, 4.69) is 25.9 Å². The lowest BCUT2D eigenvalue weighted by atomic mass is 9.90. The van der Waals surface area contributed by atoms with Gasteiger partial charge in [0, 0.05) is 6.20 Å². The summed E-state index contributed by atoms with van der Waals surface area (Å²) >= 11 is 0. The minimum atomic E-state index is -1.21. The molecule has 0 radical (unpaired) electrons. The van der Waals surface area contributed by atoms with Gasteiger partial charge in [0.05, 0.1) is 12.7 Å². The van der Waals surface area contributed by atoms with Crippen molar-refractivity contribution in [3.05, 3.63) is 18.0 Å². The van der Waals surface area contributed by atoms with Crippen molar-refractivity contribution >= 4 is 0 Å². The molecule has 0 saturated carbocycles. The molecule has 0 aliphatic rings. The topological polar surface area (TPSA) is 17.8 Å². The van der Waals surface area contributed by atoms with Crippen LogP contribution in [0.25, 0.3) is 0 Å². The van der Waals surface area contributed by atoms with Crippen LogP contribution in [0.5, 0.6) is 0 Å². The molecule has 0 aliphatic carbocycles. The fourth-order valence-electron chi connectivity index (χ4n) is 1.22. The standard InChI is InChI=1S/C11H19FN2/c1-10(2,3)9-6-13-14(7-9)8-11(4,5)12/h6-7H,8H2,1-5H3. The average Bonchev–Trinajstić information content (AvgIpc) is 2.29. The van der Waals surface area contributed by atoms with E-state index in [1.807, 2.05) is 12.4 Å². The second-order valence-corrected chi connectivity index (χ2v) is 5.40. The van der Waals surface area contributed by atoms with Crippen molar-refractivity contribution in [3.8, 4) is 0 Å². The Morgan fingerprint density at radius 1 is 1.29 bits per heavy atom. The van der Waals surface area contributed by atoms with E-state index < -0.39 is 5.67 Å². The number of hydrogen-bond donors (Lipinski definition) is 0. The molecular formula is C11H19FN2. The molecule has 0 saturated heterocycles. The largest absolute Gasteiger partial charge is 0.269 e. The van der Waals surface area contributed by atoms with E-state index in [0.29, 0.717) is 6.54 Å². The first-order chi connectivity index (χ1) is 6.18. The van der Waals surface area contributed by atoms with E-state index >= 15 is 0 Å². The summed E-state index contributed by atoms with van der Waals surface area (Å²) in [5, 5.41) is 4.14. The highest BCUT2D eigenvalue weighted by Gasteiger charge is 2.20. The Balaban J connectivity index is 2.79. The van der Waals surface area contributed by atoms with Crippen molar-refractivity contribution in [2.45, 2.75) is 52.2 Å². The summed E-state index contributed by atoms with van der Waals surface area (Å²) in [6.07, 6.45) is 3.73. The third-order valence-corrected chi connectivity index (χ3v) is 2.04. The summed E-state index contributed by atoms with van der Waals surface area (Å²) in [4.78, 5) is 0. The van der Waals surface area contributed by atoms with Crippen LogP contribution in [0.3, 0.4) is 0 Å². The molecule has 2 nitrogen and oxygen atoms in total. The first kappa shape index (κ1) is 11.2. The number of alkyl halides is 1. The van der Waals surface area contributed by atoms with Gasteiger partial charge < -0.3 is 0 Å². The Morgan fingerprint density at radius 3 is 2.21 bits per heavy atom. The van der Waals surface area contributed by atoms with Crippen LogP contribution < -0.4 is 0 Å². The molecule has 0 unspecified atom stereocenters. The van der Waals surface area contributed by atoms with Crippen LogP contribution in [0.4, 0.5) is 4.39 Å². The van der Waals surface area contributed by atoms with Crippen LogP contribution >= 0.6 is 0 Å². The third-order valence-electron chi connectivity index (χ3n) is 2.04. The number of halogens is 1. The quantitative estimate of drug-likeness (QED) is 0.714. The average molecular weight is 198 g/mol. The van der Waals surface area contributed by atoms with Gasteiger partial charge in [-0.05, 0) is 24.8 Å². The molecule has 0 N–H and O–H groups in total. The lowest BCUT2D eigenvalue weighted by Gasteiger charge is -2.16. The smallest absolute Gasteiger partial charge is 0.124 e. The Morgan fingerprint density at radius 2 is 1.86 bits per heavy atom. The normalized spacial score (nSPS) is 13.3. The van der Waals surface area contributed by atoms with Gasteiger partial charge in [0.2, 0.25) is 0 Å². The van der Waals surface area contributed by atoms with Gasteiger partial charge in [-0.2, -0.15) is 5.10 Å². The maximum atomic E-state index is 13.3. The van der Waals surface area contributed by atoms with E-state index in [4.69, 9.17) is 0 Å². The summed E-state index contributed by atoms with van der Waals surface area (Å²) < 4.78 is 15.0. The summed E-state index contributed by atoms with van der Waals surface area (Å²) in [7, 11) is 0. The molecule has 0 aliphatic heterocycles. The van der Waals surface area contributed by atoms with Crippen molar-refractivity contribution in [2.24, 2.45) is 0 Å². The molecule has 0 aromatic carbocycles. The minimum absolute atomic E-state index is 0.0820. The van der Waals surface area contributed by atoms with E-state index in [1.165, 1.54) is 0 Å². The number of hydrogen-bond acceptors (Lipinski definition) is 1. The third kappa shape index (κ3) is 3.13. The van der Waals surface area contributed by atoms with E-state index in [1.54, 1.807) is 18.5 Å². The summed E-state index contributed by atoms with van der Waals surface area (Å²) in [5.41, 5.74) is 0.0154. The van der Waals surface area contributed by atoms with Gasteiger partial charge in [0.1, 0.15) is 5.67 Å². The highest BCUT2D eigenvalue weighted by Crippen LogP contribution is 2.22. The van der Waals surface area contributed by atoms with Crippen LogP contribution in [0.1, 0.15) is 40.2 Å². The molecule has 1 heterocycles. The second-order valence-electron chi connectivity index (χ2n) is 5.40. The van der Waals surface area contributed by atoms with Gasteiger partial charge in [0.25, 0.3) is 0 Å². The lowest BCUT2D eigenvalue weighted by molar-refractivity contribution is 0.179. The predicted molar refractivity (Wildman–Crippen MR) is 56.1 cm³/mol. The molecule has 0 fully saturated rings. The maximum Gasteiger partial charge on any atom is 0.124 e. The van der Waals surface area contributed by atoms with E-state index in [-0.39, 0.29) is 5.41 Å². The first-order valence-electron chi connectivity index (χ1n) is 4.90. The Bertz CT molecular complexity index is 302. The molecule has 0 amide bonds. The fraction of sp³-hybridized carbons (Fsp3) is 0.727. The van der Waals surface area contributed by atoms with Crippen LogP contribution in [-0.4, -0.2) is 15.4 Å². The van der Waals surface area contributed by atoms with E-state index in [9.17, 15) is 4.39 Å². The summed E-state index contributed by atoms with van der Waals surface area (Å²) in [5.74, 6) is 0. The molecule has 1 rings (SSSR count). The van der Waals surface area contributed by atoms with E-state index in [0.717, 1.165) is 5.56 Å². The van der Waals surface area contributed by atoms with Gasteiger partial charge in [-0.25, -0.2) is 4.39 Å². The Hall–Kier alpha value is -0.860. The van der Waals surface area contributed by atoms with Crippen LogP contribution in [0.15, 0.2) is 12.4 Å². The van der Waals surface area contributed by atoms with Gasteiger partial charge in [-0.1, -0.05) is 20.8 Å². The molecule has 0 bridgehead atoms. The van der Waals surface area contributed by atoms with Gasteiger partial charge in [-0.3, -0.25) is 4.68 Å². The fourth-order valence-corrected chi connectivity index (χ4v) is 1.22. The van der Waals surface area contributed by atoms with Crippen molar-refractivity contribution in [3.63, 3.8) is 0 Å². The highest BCUT2D eigenvalue weighted by atomic mass is 19.1. The molecule has 0 atom stereocenters. The minimum Gasteiger partial charge on any atom is -0.269 e. The van der Waals surface area contributed by atoms with Crippen LogP contribution in [0.2, 0.25) is 0 Å². The zero-order valence-corrected chi connectivity index (χ0v) is 9.63. The zero-order chi connectivity index (χ0) is 11.0. The Labute approximate surface area is 85.1 Å². The molecular weight excluding hydrogens is 179 g/mol. The molecule has 0 spiro atoms. The van der Waals surface area contributed by atoms with Crippen LogP contribution in [0, 0.1) is 0 Å². The zero-order valence-electron chi connectivity index (χ0n) is 9.63. The summed E-state index contributed by atoms with van der Waals surface area (Å²) in [6, 6.07) is 0. The number of aromatic nitrogens is 2. The SMILES string of the molecule is CC(C)(F)Cn1cc(C(C)(C)C)cn1. The van der Waals surface area contributed by atoms with Gasteiger partial charge in [-0.15, -0.1) is 0 Å². The lowest BCUT2D eigenvalue weighted by Crippen LogP contribution is -2.21. The first-order valence-corrected chi connectivity index (χ1v) is 4.90. The van der Waals surface area contributed by atoms with Crippen molar-refractivity contribution in [1.82, 2.24) is 9.78 Å². The molecule has 3 heteroatoms. The molecule has 80 valence electrons. The number of nitrogens with zero attached hydrogens (tertiary/aromatic N) is 2. The van der Waals surface area contributed by atoms with Crippen molar-refractivity contribution in [1.29, 1.82) is 0 Å². The number of rotatable bonds is 2. The molecule has 1 aromatic rings. The van der Waals surface area contributed by atoms with Crippen molar-refractivity contribution in [2.75, 3.05) is 0 Å². The van der Waals surface area contributed by atoms with Crippen molar-refractivity contribution < 1.29 is 4.39 Å². The predicted octanol–water partition coefficient (Wildman–Crippen LogP) is 2.93. The molecule has 14 heavy (non-hydrogen) atoms. The van der Waals surface area contributed by atoms with Gasteiger partial charge >= 0.3 is 0 Å². The maximum absolute atomic E-state index is 13.3. The monoisotopic (exact) mass is 198 g/mol. The second kappa shape index (κ2) is 3.37. The highest BCUT2D eigenvalue weighted by molar-refractivity contribution is 5.15. The molecule has 1 aromatic heterocycles. The van der Waals surface area contributed by atoms with Crippen LogP contribution in [-0.2, 0) is 12.0 Å².